The van der Waals surface area contributed by atoms with E-state index in [0.717, 1.165) is 46.1 Å². The number of hydrogen-bond donors (Lipinski definition) is 0. The number of benzene rings is 2. The van der Waals surface area contributed by atoms with Gasteiger partial charge in [0.1, 0.15) is 0 Å². The zero-order valence-electron chi connectivity index (χ0n) is 18.8. The Bertz CT molecular complexity index is 988. The number of anilines is 1. The Balaban J connectivity index is 0.00000320. The number of aryl methyl sites for hydroxylation is 4. The standard InChI is InChI=1S/C24H31N3OS.ClH/c1-7-26(8-2)11-12-27(23(28)20-10-9-16(3)17(4)13-20)24-25-21-14-18(5)19(6)15-22(21)29-24;/h9-10,13-15H,7-8,11-12H2,1-6H3;1H. The maximum atomic E-state index is 13.5. The molecule has 4 nitrogen and oxygen atoms in total. The lowest BCUT2D eigenvalue weighted by atomic mass is 10.1. The number of amides is 1. The maximum absolute atomic E-state index is 13.5. The Kier molecular flexibility index (Phi) is 8.42. The molecule has 0 bridgehead atoms. The summed E-state index contributed by atoms with van der Waals surface area (Å²) in [6.45, 7) is 16.1. The minimum absolute atomic E-state index is 0. The third-order valence-corrected chi connectivity index (χ3v) is 6.80. The van der Waals surface area contributed by atoms with Gasteiger partial charge < -0.3 is 4.90 Å². The highest BCUT2D eigenvalue weighted by Crippen LogP contribution is 2.31. The summed E-state index contributed by atoms with van der Waals surface area (Å²) in [6, 6.07) is 10.2. The molecule has 0 aliphatic rings. The van der Waals surface area contributed by atoms with Crippen molar-refractivity contribution in [3.8, 4) is 0 Å². The number of aromatic nitrogens is 1. The second-order valence-electron chi connectivity index (χ2n) is 7.68. The molecule has 0 fully saturated rings. The molecule has 3 aromatic rings. The van der Waals surface area contributed by atoms with Crippen LogP contribution in [0.25, 0.3) is 10.2 Å². The predicted octanol–water partition coefficient (Wildman–Crippen LogP) is 5.94. The average molecular weight is 446 g/mol. The van der Waals surface area contributed by atoms with Gasteiger partial charge in [-0.25, -0.2) is 4.98 Å². The molecule has 3 rings (SSSR count). The Morgan fingerprint density at radius 1 is 0.900 bits per heavy atom. The van der Waals surface area contributed by atoms with Crippen LogP contribution in [0.15, 0.2) is 30.3 Å². The fraction of sp³-hybridized carbons (Fsp3) is 0.417. The van der Waals surface area contributed by atoms with E-state index in [0.29, 0.717) is 6.54 Å². The van der Waals surface area contributed by atoms with Crippen molar-refractivity contribution in [1.29, 1.82) is 0 Å². The highest BCUT2D eigenvalue weighted by Gasteiger charge is 2.22. The summed E-state index contributed by atoms with van der Waals surface area (Å²) in [5.41, 5.74) is 6.50. The predicted molar refractivity (Wildman–Crippen MR) is 132 cm³/mol. The molecule has 0 aliphatic carbocycles. The fourth-order valence-corrected chi connectivity index (χ4v) is 4.45. The summed E-state index contributed by atoms with van der Waals surface area (Å²) in [4.78, 5) is 22.5. The number of fused-ring (bicyclic) bond motifs is 1. The Hall–Kier alpha value is -1.95. The number of carbonyl (C=O) groups excluding carboxylic acids is 1. The Morgan fingerprint density at radius 2 is 1.53 bits per heavy atom. The monoisotopic (exact) mass is 445 g/mol. The lowest BCUT2D eigenvalue weighted by Gasteiger charge is -2.25. The summed E-state index contributed by atoms with van der Waals surface area (Å²) in [5, 5.41) is 0.778. The molecule has 0 N–H and O–H groups in total. The van der Waals surface area contributed by atoms with Crippen LogP contribution < -0.4 is 4.90 Å². The zero-order chi connectivity index (χ0) is 21.1. The van der Waals surface area contributed by atoms with Crippen molar-refractivity contribution in [1.82, 2.24) is 9.88 Å². The van der Waals surface area contributed by atoms with E-state index < -0.39 is 0 Å². The second-order valence-corrected chi connectivity index (χ2v) is 8.69. The maximum Gasteiger partial charge on any atom is 0.260 e. The van der Waals surface area contributed by atoms with Gasteiger partial charge in [-0.3, -0.25) is 9.69 Å². The summed E-state index contributed by atoms with van der Waals surface area (Å²) >= 11 is 1.60. The van der Waals surface area contributed by atoms with Crippen LogP contribution in [0, 0.1) is 27.7 Å². The van der Waals surface area contributed by atoms with Gasteiger partial charge in [0.2, 0.25) is 0 Å². The smallest absolute Gasteiger partial charge is 0.260 e. The topological polar surface area (TPSA) is 36.4 Å². The number of thiazole rings is 1. The molecule has 0 saturated carbocycles. The molecular formula is C24H32ClN3OS. The fourth-order valence-electron chi connectivity index (χ4n) is 3.38. The lowest BCUT2D eigenvalue weighted by Crippen LogP contribution is -2.38. The normalized spacial score (nSPS) is 11.0. The molecule has 1 amide bonds. The second kappa shape index (κ2) is 10.4. The van der Waals surface area contributed by atoms with Crippen LogP contribution in [0.5, 0.6) is 0 Å². The minimum Gasteiger partial charge on any atom is -0.302 e. The highest BCUT2D eigenvalue weighted by atomic mass is 35.5. The molecule has 1 aromatic heterocycles. The first kappa shape index (κ1) is 24.3. The van der Waals surface area contributed by atoms with Crippen molar-refractivity contribution in [2.24, 2.45) is 0 Å². The summed E-state index contributed by atoms with van der Waals surface area (Å²) < 4.78 is 1.13. The van der Waals surface area contributed by atoms with Gasteiger partial charge in [-0.1, -0.05) is 31.3 Å². The van der Waals surface area contributed by atoms with E-state index in [-0.39, 0.29) is 18.3 Å². The van der Waals surface area contributed by atoms with Gasteiger partial charge in [-0.15, -0.1) is 12.4 Å². The third-order valence-electron chi connectivity index (χ3n) is 5.76. The number of carbonyl (C=O) groups is 1. The van der Waals surface area contributed by atoms with E-state index in [2.05, 4.69) is 58.6 Å². The molecule has 30 heavy (non-hydrogen) atoms. The molecule has 6 heteroatoms. The molecule has 0 atom stereocenters. The molecule has 0 aliphatic heterocycles. The van der Waals surface area contributed by atoms with Gasteiger partial charge >= 0.3 is 0 Å². The van der Waals surface area contributed by atoms with E-state index in [1.807, 2.05) is 23.1 Å². The Labute approximate surface area is 190 Å². The molecule has 162 valence electrons. The van der Waals surface area contributed by atoms with Crippen molar-refractivity contribution in [3.63, 3.8) is 0 Å². The van der Waals surface area contributed by atoms with Crippen molar-refractivity contribution in [2.45, 2.75) is 41.5 Å². The van der Waals surface area contributed by atoms with Crippen LogP contribution in [-0.2, 0) is 0 Å². The molecule has 1 heterocycles. The largest absolute Gasteiger partial charge is 0.302 e. The lowest BCUT2D eigenvalue weighted by molar-refractivity contribution is 0.0983. The average Bonchev–Trinajstić information content (AvgIpc) is 3.09. The first-order valence-corrected chi connectivity index (χ1v) is 11.1. The number of nitrogens with zero attached hydrogens (tertiary/aromatic N) is 3. The third kappa shape index (κ3) is 5.20. The van der Waals surface area contributed by atoms with Crippen molar-refractivity contribution in [3.05, 3.63) is 58.1 Å². The first-order valence-electron chi connectivity index (χ1n) is 10.3. The number of rotatable bonds is 7. The van der Waals surface area contributed by atoms with Crippen LogP contribution in [0.4, 0.5) is 5.13 Å². The zero-order valence-corrected chi connectivity index (χ0v) is 20.4. The van der Waals surface area contributed by atoms with Gasteiger partial charge in [0.15, 0.2) is 5.13 Å². The van der Waals surface area contributed by atoms with Crippen molar-refractivity contribution >= 4 is 45.0 Å². The first-order chi connectivity index (χ1) is 13.8. The molecule has 0 spiro atoms. The van der Waals surface area contributed by atoms with Gasteiger partial charge in [0.25, 0.3) is 5.91 Å². The van der Waals surface area contributed by atoms with E-state index >= 15 is 0 Å². The molecule has 2 aromatic carbocycles. The van der Waals surface area contributed by atoms with Gasteiger partial charge in [0, 0.05) is 18.7 Å². The van der Waals surface area contributed by atoms with Gasteiger partial charge in [-0.2, -0.15) is 0 Å². The number of likely N-dealkylation sites (N-methyl/N-ethyl adjacent to an activating group) is 1. The molecular weight excluding hydrogens is 414 g/mol. The molecule has 0 radical (unpaired) electrons. The van der Waals surface area contributed by atoms with Crippen LogP contribution in [0.1, 0.15) is 46.5 Å². The van der Waals surface area contributed by atoms with Crippen LogP contribution >= 0.6 is 23.7 Å². The minimum atomic E-state index is 0. The summed E-state index contributed by atoms with van der Waals surface area (Å²) in [7, 11) is 0. The van der Waals surface area contributed by atoms with E-state index in [4.69, 9.17) is 4.98 Å². The molecule has 0 unspecified atom stereocenters. The van der Waals surface area contributed by atoms with E-state index in [1.165, 1.54) is 16.7 Å². The summed E-state index contributed by atoms with van der Waals surface area (Å²) in [5.74, 6) is 0.0211. The van der Waals surface area contributed by atoms with Crippen molar-refractivity contribution < 1.29 is 4.79 Å². The molecule has 0 saturated heterocycles. The van der Waals surface area contributed by atoms with Crippen LogP contribution in [-0.4, -0.2) is 42.0 Å². The van der Waals surface area contributed by atoms with Crippen LogP contribution in [0.3, 0.4) is 0 Å². The van der Waals surface area contributed by atoms with Crippen molar-refractivity contribution in [2.75, 3.05) is 31.1 Å². The number of halogens is 1. The highest BCUT2D eigenvalue weighted by molar-refractivity contribution is 7.22. The quantitative estimate of drug-likeness (QED) is 0.451. The van der Waals surface area contributed by atoms with Crippen LogP contribution in [0.2, 0.25) is 0 Å². The Morgan fingerprint density at radius 3 is 2.17 bits per heavy atom. The summed E-state index contributed by atoms with van der Waals surface area (Å²) in [6.07, 6.45) is 0. The number of hydrogen-bond acceptors (Lipinski definition) is 4. The van der Waals surface area contributed by atoms with E-state index in [1.54, 1.807) is 11.3 Å². The van der Waals surface area contributed by atoms with Gasteiger partial charge in [-0.05, 0) is 87.3 Å². The van der Waals surface area contributed by atoms with E-state index in [9.17, 15) is 4.79 Å². The van der Waals surface area contributed by atoms with Gasteiger partial charge in [0.05, 0.1) is 10.2 Å². The SMILES string of the molecule is CCN(CC)CCN(C(=O)c1ccc(C)c(C)c1)c1nc2cc(C)c(C)cc2s1.Cl.